The number of para-hydroxylation sites is 4. The smallest absolute Gasteiger partial charge is 0.220 e. The number of rotatable bonds is 3. The van der Waals surface area contributed by atoms with E-state index in [1.807, 2.05) is 23.0 Å². The maximum absolute atomic E-state index is 4.99. The highest BCUT2D eigenvalue weighted by Crippen LogP contribution is 2.31. The van der Waals surface area contributed by atoms with E-state index in [1.165, 1.54) is 0 Å². The van der Waals surface area contributed by atoms with Crippen molar-refractivity contribution in [2.24, 2.45) is 0 Å². The minimum atomic E-state index is 0.917. The van der Waals surface area contributed by atoms with Crippen molar-refractivity contribution in [3.63, 3.8) is 0 Å². The van der Waals surface area contributed by atoms with Gasteiger partial charge in [-0.3, -0.25) is 8.97 Å². The topological polar surface area (TPSA) is 40.0 Å². The van der Waals surface area contributed by atoms with Gasteiger partial charge in [-0.25, -0.2) is 9.67 Å². The summed E-state index contributed by atoms with van der Waals surface area (Å²) in [5, 5.41) is 4.37. The van der Waals surface area contributed by atoms with Crippen LogP contribution in [0.3, 0.4) is 0 Å². The SMILES string of the molecule is c1cc(-c2cccc(-n3c4ccccc4n4c5ccccc5nc34)c2)cc(-n2cccn2)c1. The van der Waals surface area contributed by atoms with Crippen molar-refractivity contribution < 1.29 is 0 Å². The van der Waals surface area contributed by atoms with Crippen LogP contribution in [-0.4, -0.2) is 23.7 Å². The van der Waals surface area contributed by atoms with E-state index in [2.05, 4.69) is 105 Å². The van der Waals surface area contributed by atoms with Crippen LogP contribution in [0.25, 0.3) is 50.3 Å². The van der Waals surface area contributed by atoms with Crippen molar-refractivity contribution in [1.29, 1.82) is 0 Å². The van der Waals surface area contributed by atoms with E-state index >= 15 is 0 Å². The average molecular weight is 425 g/mol. The summed E-state index contributed by atoms with van der Waals surface area (Å²) in [7, 11) is 0. The first-order valence-electron chi connectivity index (χ1n) is 10.9. The first kappa shape index (κ1) is 18.0. The Kier molecular flexibility index (Phi) is 3.78. The number of fused-ring (bicyclic) bond motifs is 5. The van der Waals surface area contributed by atoms with Gasteiger partial charge >= 0.3 is 0 Å². The van der Waals surface area contributed by atoms with Gasteiger partial charge in [-0.1, -0.05) is 48.5 Å². The number of nitrogens with zero attached hydrogens (tertiary/aromatic N) is 5. The zero-order chi connectivity index (χ0) is 21.8. The summed E-state index contributed by atoms with van der Waals surface area (Å²) in [6.07, 6.45) is 3.76. The molecule has 0 aliphatic rings. The van der Waals surface area contributed by atoms with E-state index in [0.717, 1.165) is 50.3 Å². The number of hydrogen-bond donors (Lipinski definition) is 0. The molecule has 4 aromatic carbocycles. The molecule has 0 fully saturated rings. The maximum Gasteiger partial charge on any atom is 0.220 e. The molecule has 0 spiro atoms. The van der Waals surface area contributed by atoms with Gasteiger partial charge in [0.2, 0.25) is 5.78 Å². The van der Waals surface area contributed by atoms with E-state index in [1.54, 1.807) is 6.20 Å². The molecule has 0 unspecified atom stereocenters. The fraction of sp³-hybridized carbons (Fsp3) is 0. The third kappa shape index (κ3) is 2.72. The van der Waals surface area contributed by atoms with E-state index in [4.69, 9.17) is 4.98 Å². The fourth-order valence-corrected chi connectivity index (χ4v) is 4.68. The molecule has 0 atom stereocenters. The number of aromatic nitrogens is 5. The molecule has 0 N–H and O–H groups in total. The summed E-state index contributed by atoms with van der Waals surface area (Å²) in [5.74, 6) is 0.917. The van der Waals surface area contributed by atoms with Gasteiger partial charge in [0.05, 0.1) is 27.8 Å². The van der Waals surface area contributed by atoms with Crippen molar-refractivity contribution >= 4 is 27.8 Å². The predicted molar refractivity (Wildman–Crippen MR) is 132 cm³/mol. The minimum Gasteiger partial charge on any atom is -0.278 e. The van der Waals surface area contributed by atoms with Gasteiger partial charge in [-0.15, -0.1) is 0 Å². The van der Waals surface area contributed by atoms with Gasteiger partial charge in [0, 0.05) is 18.1 Å². The Bertz CT molecular complexity index is 1770. The molecule has 0 amide bonds. The molecule has 156 valence electrons. The number of imidazole rings is 2. The van der Waals surface area contributed by atoms with Crippen LogP contribution < -0.4 is 0 Å². The second kappa shape index (κ2) is 6.93. The van der Waals surface area contributed by atoms with Crippen molar-refractivity contribution in [2.45, 2.75) is 0 Å². The Hall–Kier alpha value is -4.64. The third-order valence-corrected chi connectivity index (χ3v) is 6.16. The Balaban J connectivity index is 1.46. The van der Waals surface area contributed by atoms with Crippen LogP contribution in [-0.2, 0) is 0 Å². The molecule has 7 rings (SSSR count). The van der Waals surface area contributed by atoms with E-state index in [0.29, 0.717) is 0 Å². The van der Waals surface area contributed by atoms with E-state index in [-0.39, 0.29) is 0 Å². The normalized spacial score (nSPS) is 11.6. The number of benzene rings is 4. The van der Waals surface area contributed by atoms with Gasteiger partial charge in [0.25, 0.3) is 0 Å². The summed E-state index contributed by atoms with van der Waals surface area (Å²) >= 11 is 0. The number of hydrogen-bond acceptors (Lipinski definition) is 2. The van der Waals surface area contributed by atoms with Gasteiger partial charge < -0.3 is 0 Å². The van der Waals surface area contributed by atoms with Crippen LogP contribution >= 0.6 is 0 Å². The second-order valence-electron chi connectivity index (χ2n) is 8.11. The van der Waals surface area contributed by atoms with Crippen LogP contribution in [0.4, 0.5) is 0 Å². The summed E-state index contributed by atoms with van der Waals surface area (Å²) in [6.45, 7) is 0. The van der Waals surface area contributed by atoms with Crippen molar-refractivity contribution in [1.82, 2.24) is 23.7 Å². The second-order valence-corrected chi connectivity index (χ2v) is 8.11. The molecule has 0 aliphatic carbocycles. The molecule has 0 saturated carbocycles. The molecule has 3 heterocycles. The lowest BCUT2D eigenvalue weighted by Crippen LogP contribution is -1.96. The molecular weight excluding hydrogens is 406 g/mol. The summed E-state index contributed by atoms with van der Waals surface area (Å²) < 4.78 is 6.37. The monoisotopic (exact) mass is 425 g/mol. The third-order valence-electron chi connectivity index (χ3n) is 6.16. The lowest BCUT2D eigenvalue weighted by atomic mass is 10.0. The molecule has 0 bridgehead atoms. The summed E-state index contributed by atoms with van der Waals surface area (Å²) in [5.41, 5.74) is 8.80. The molecule has 5 heteroatoms. The fourth-order valence-electron chi connectivity index (χ4n) is 4.68. The van der Waals surface area contributed by atoms with Gasteiger partial charge in [-0.2, -0.15) is 5.10 Å². The van der Waals surface area contributed by atoms with Crippen LogP contribution in [0.5, 0.6) is 0 Å². The molecule has 0 aliphatic heterocycles. The Morgan fingerprint density at radius 3 is 2.06 bits per heavy atom. The quantitative estimate of drug-likeness (QED) is 0.334. The lowest BCUT2D eigenvalue weighted by molar-refractivity contribution is 0.881. The van der Waals surface area contributed by atoms with Crippen molar-refractivity contribution in [3.05, 3.63) is 116 Å². The van der Waals surface area contributed by atoms with Crippen LogP contribution in [0.2, 0.25) is 0 Å². The Morgan fingerprint density at radius 2 is 1.27 bits per heavy atom. The Labute approximate surface area is 189 Å². The van der Waals surface area contributed by atoms with Crippen LogP contribution in [0.1, 0.15) is 0 Å². The van der Waals surface area contributed by atoms with Gasteiger partial charge in [0.15, 0.2) is 0 Å². The molecule has 7 aromatic rings. The Morgan fingerprint density at radius 1 is 0.576 bits per heavy atom. The van der Waals surface area contributed by atoms with Crippen molar-refractivity contribution in [3.8, 4) is 22.5 Å². The van der Waals surface area contributed by atoms with E-state index < -0.39 is 0 Å². The zero-order valence-electron chi connectivity index (χ0n) is 17.7. The molecule has 3 aromatic heterocycles. The minimum absolute atomic E-state index is 0.917. The lowest BCUT2D eigenvalue weighted by Gasteiger charge is -2.10. The summed E-state index contributed by atoms with van der Waals surface area (Å²) in [4.78, 5) is 4.99. The van der Waals surface area contributed by atoms with E-state index in [9.17, 15) is 0 Å². The molecule has 33 heavy (non-hydrogen) atoms. The molecule has 0 radical (unpaired) electrons. The first-order chi connectivity index (χ1) is 16.4. The predicted octanol–water partition coefficient (Wildman–Crippen LogP) is 6.28. The average Bonchev–Trinajstić information content (AvgIpc) is 3.59. The van der Waals surface area contributed by atoms with Crippen LogP contribution in [0.15, 0.2) is 116 Å². The molecule has 5 nitrogen and oxygen atoms in total. The highest BCUT2D eigenvalue weighted by Gasteiger charge is 2.16. The first-order valence-corrected chi connectivity index (χ1v) is 10.9. The van der Waals surface area contributed by atoms with Gasteiger partial charge in [0.1, 0.15) is 0 Å². The van der Waals surface area contributed by atoms with Crippen molar-refractivity contribution in [2.75, 3.05) is 0 Å². The van der Waals surface area contributed by atoms with Gasteiger partial charge in [-0.05, 0) is 65.7 Å². The summed E-state index contributed by atoms with van der Waals surface area (Å²) in [6, 6.07) is 35.8. The maximum atomic E-state index is 4.99. The van der Waals surface area contributed by atoms with Crippen LogP contribution in [0, 0.1) is 0 Å². The molecular formula is C28H19N5. The highest BCUT2D eigenvalue weighted by atomic mass is 15.3. The molecule has 0 saturated heterocycles. The highest BCUT2D eigenvalue weighted by molar-refractivity contribution is 5.92. The zero-order valence-corrected chi connectivity index (χ0v) is 17.7. The largest absolute Gasteiger partial charge is 0.278 e. The standard InChI is InChI=1S/C28H19N5/c1-2-13-25-24(12-1)30-28-32(26-14-3-4-15-27(26)33(25)28)23-11-6-9-21(19-23)20-8-5-10-22(18-20)31-17-7-16-29-31/h1-19H.